The number of carbonyl (C=O) groups excluding carboxylic acids is 2. The fourth-order valence-electron chi connectivity index (χ4n) is 4.69. The lowest BCUT2D eigenvalue weighted by Crippen LogP contribution is -2.62. The van der Waals surface area contributed by atoms with E-state index in [1.54, 1.807) is 16.8 Å². The number of hydrogen-bond acceptors (Lipinski definition) is 2. The van der Waals surface area contributed by atoms with Gasteiger partial charge in [0.15, 0.2) is 0 Å². The SMILES string of the molecule is CCc1ccc(C2c3[nH]c4ccccc4c3CC3C(=O)N(C)CC(=O)N32)cc1. The molecule has 142 valence electrons. The monoisotopic (exact) mass is 373 g/mol. The molecule has 2 unspecified atom stereocenters. The van der Waals surface area contributed by atoms with E-state index in [-0.39, 0.29) is 24.4 Å². The number of amides is 2. The van der Waals surface area contributed by atoms with Crippen LogP contribution in [0.5, 0.6) is 0 Å². The quantitative estimate of drug-likeness (QED) is 0.751. The molecule has 5 rings (SSSR count). The van der Waals surface area contributed by atoms with Gasteiger partial charge in [0.25, 0.3) is 0 Å². The number of carbonyl (C=O) groups is 2. The lowest BCUT2D eigenvalue weighted by molar-refractivity contribution is -0.157. The minimum Gasteiger partial charge on any atom is -0.356 e. The highest BCUT2D eigenvalue weighted by Gasteiger charge is 2.47. The summed E-state index contributed by atoms with van der Waals surface area (Å²) in [5, 5.41) is 1.14. The molecule has 2 amide bonds. The summed E-state index contributed by atoms with van der Waals surface area (Å²) in [5.41, 5.74) is 5.54. The molecule has 3 aromatic rings. The van der Waals surface area contributed by atoms with Crippen LogP contribution in [0.25, 0.3) is 10.9 Å². The van der Waals surface area contributed by atoms with Gasteiger partial charge in [0, 0.05) is 30.1 Å². The Morgan fingerprint density at radius 2 is 1.82 bits per heavy atom. The molecule has 1 fully saturated rings. The summed E-state index contributed by atoms with van der Waals surface area (Å²) in [4.78, 5) is 32.9. The number of nitrogens with one attached hydrogen (secondary N) is 1. The molecule has 5 heteroatoms. The van der Waals surface area contributed by atoms with Crippen molar-refractivity contribution in [3.8, 4) is 0 Å². The van der Waals surface area contributed by atoms with Crippen LogP contribution in [0.4, 0.5) is 0 Å². The Kier molecular flexibility index (Phi) is 3.79. The van der Waals surface area contributed by atoms with E-state index in [1.165, 1.54) is 5.56 Å². The Bertz CT molecular complexity index is 1080. The zero-order chi connectivity index (χ0) is 19.4. The Balaban J connectivity index is 1.73. The van der Waals surface area contributed by atoms with Crippen molar-refractivity contribution in [2.75, 3.05) is 13.6 Å². The van der Waals surface area contributed by atoms with Crippen LogP contribution >= 0.6 is 0 Å². The van der Waals surface area contributed by atoms with Gasteiger partial charge in [0.1, 0.15) is 6.04 Å². The molecular formula is C23H23N3O2. The van der Waals surface area contributed by atoms with E-state index in [0.29, 0.717) is 6.42 Å². The highest BCUT2D eigenvalue weighted by atomic mass is 16.2. The zero-order valence-electron chi connectivity index (χ0n) is 16.1. The maximum Gasteiger partial charge on any atom is 0.245 e. The predicted octanol–water partition coefficient (Wildman–Crippen LogP) is 3.05. The second kappa shape index (κ2) is 6.23. The maximum absolute atomic E-state index is 13.0. The molecule has 0 bridgehead atoms. The minimum atomic E-state index is -0.450. The average Bonchev–Trinajstić information content (AvgIpc) is 3.09. The first-order valence-corrected chi connectivity index (χ1v) is 9.83. The van der Waals surface area contributed by atoms with Crippen molar-refractivity contribution in [3.05, 3.63) is 70.9 Å². The first kappa shape index (κ1) is 17.0. The number of aryl methyl sites for hydroxylation is 1. The molecule has 5 nitrogen and oxygen atoms in total. The van der Waals surface area contributed by atoms with E-state index in [0.717, 1.165) is 34.1 Å². The Hall–Kier alpha value is -3.08. The molecule has 0 saturated carbocycles. The number of rotatable bonds is 2. The predicted molar refractivity (Wildman–Crippen MR) is 108 cm³/mol. The summed E-state index contributed by atoms with van der Waals surface area (Å²) in [7, 11) is 1.72. The highest BCUT2D eigenvalue weighted by Crippen LogP contribution is 2.42. The molecule has 2 aliphatic rings. The smallest absolute Gasteiger partial charge is 0.245 e. The van der Waals surface area contributed by atoms with Crippen molar-refractivity contribution >= 4 is 22.7 Å². The molecule has 1 saturated heterocycles. The lowest BCUT2D eigenvalue weighted by Gasteiger charge is -2.46. The number of aromatic amines is 1. The van der Waals surface area contributed by atoms with Gasteiger partial charge in [-0.3, -0.25) is 9.59 Å². The van der Waals surface area contributed by atoms with Gasteiger partial charge in [-0.05, 0) is 29.2 Å². The largest absolute Gasteiger partial charge is 0.356 e. The van der Waals surface area contributed by atoms with Gasteiger partial charge < -0.3 is 14.8 Å². The molecule has 0 aliphatic carbocycles. The summed E-state index contributed by atoms with van der Waals surface area (Å²) < 4.78 is 0. The van der Waals surface area contributed by atoms with E-state index >= 15 is 0 Å². The van der Waals surface area contributed by atoms with Crippen LogP contribution in [0.15, 0.2) is 48.5 Å². The molecule has 2 atom stereocenters. The van der Waals surface area contributed by atoms with E-state index < -0.39 is 6.04 Å². The number of para-hydroxylation sites is 1. The molecule has 28 heavy (non-hydrogen) atoms. The highest BCUT2D eigenvalue weighted by molar-refractivity contribution is 5.97. The van der Waals surface area contributed by atoms with Gasteiger partial charge in [0.05, 0.1) is 12.6 Å². The summed E-state index contributed by atoms with van der Waals surface area (Å²) in [6.45, 7) is 2.26. The van der Waals surface area contributed by atoms with Gasteiger partial charge >= 0.3 is 0 Å². The lowest BCUT2D eigenvalue weighted by atomic mass is 9.86. The molecule has 1 N–H and O–H groups in total. The average molecular weight is 373 g/mol. The third-order valence-corrected chi connectivity index (χ3v) is 6.16. The number of benzene rings is 2. The molecule has 1 aromatic heterocycles. The number of fused-ring (bicyclic) bond motifs is 4. The Labute approximate surface area is 163 Å². The van der Waals surface area contributed by atoms with E-state index in [1.807, 2.05) is 12.1 Å². The number of hydrogen-bond donors (Lipinski definition) is 1. The van der Waals surface area contributed by atoms with Crippen molar-refractivity contribution in [2.24, 2.45) is 0 Å². The maximum atomic E-state index is 13.0. The van der Waals surface area contributed by atoms with Crippen LogP contribution in [-0.2, 0) is 22.4 Å². The van der Waals surface area contributed by atoms with Crippen molar-refractivity contribution in [1.82, 2.24) is 14.8 Å². The topological polar surface area (TPSA) is 56.4 Å². The van der Waals surface area contributed by atoms with Crippen LogP contribution in [0, 0.1) is 0 Å². The van der Waals surface area contributed by atoms with Crippen LogP contribution < -0.4 is 0 Å². The molecule has 0 spiro atoms. The van der Waals surface area contributed by atoms with Gasteiger partial charge in [0.2, 0.25) is 11.8 Å². The van der Waals surface area contributed by atoms with Gasteiger partial charge in [-0.25, -0.2) is 0 Å². The number of nitrogens with zero attached hydrogens (tertiary/aromatic N) is 2. The fourth-order valence-corrected chi connectivity index (χ4v) is 4.69. The van der Waals surface area contributed by atoms with Crippen molar-refractivity contribution < 1.29 is 9.59 Å². The normalized spacial score (nSPS) is 21.8. The fraction of sp³-hybridized carbons (Fsp3) is 0.304. The van der Waals surface area contributed by atoms with E-state index in [2.05, 4.69) is 48.3 Å². The number of likely N-dealkylation sites (N-methyl/N-ethyl adjacent to an activating group) is 1. The van der Waals surface area contributed by atoms with Crippen LogP contribution in [0.2, 0.25) is 0 Å². The molecule has 0 radical (unpaired) electrons. The third-order valence-electron chi connectivity index (χ3n) is 6.16. The first-order chi connectivity index (χ1) is 13.6. The first-order valence-electron chi connectivity index (χ1n) is 9.83. The number of H-pyrrole nitrogens is 1. The van der Waals surface area contributed by atoms with Gasteiger partial charge in [-0.2, -0.15) is 0 Å². The van der Waals surface area contributed by atoms with Crippen molar-refractivity contribution in [2.45, 2.75) is 31.8 Å². The Morgan fingerprint density at radius 1 is 1.07 bits per heavy atom. The van der Waals surface area contributed by atoms with Crippen LogP contribution in [0.1, 0.15) is 35.3 Å². The van der Waals surface area contributed by atoms with Gasteiger partial charge in [-0.1, -0.05) is 49.4 Å². The number of piperazine rings is 1. The van der Waals surface area contributed by atoms with E-state index in [4.69, 9.17) is 0 Å². The molecular weight excluding hydrogens is 350 g/mol. The summed E-state index contributed by atoms with van der Waals surface area (Å²) in [5.74, 6) is 0.0201. The molecule has 3 heterocycles. The summed E-state index contributed by atoms with van der Waals surface area (Å²) in [6, 6.07) is 15.9. The second-order valence-electron chi connectivity index (χ2n) is 7.78. The Morgan fingerprint density at radius 3 is 2.57 bits per heavy atom. The van der Waals surface area contributed by atoms with Crippen LogP contribution in [0.3, 0.4) is 0 Å². The van der Waals surface area contributed by atoms with Crippen molar-refractivity contribution in [1.29, 1.82) is 0 Å². The zero-order valence-corrected chi connectivity index (χ0v) is 16.1. The standard InChI is InChI=1S/C23H23N3O2/c1-3-14-8-10-15(11-9-14)22-21-17(16-6-4-5-7-18(16)24-21)12-19-23(28)25(2)13-20(27)26(19)22/h4-11,19,22,24H,3,12-13H2,1-2H3. The molecule has 2 aliphatic heterocycles. The second-order valence-corrected chi connectivity index (χ2v) is 7.78. The summed E-state index contributed by atoms with van der Waals surface area (Å²) in [6.07, 6.45) is 1.52. The summed E-state index contributed by atoms with van der Waals surface area (Å²) >= 11 is 0. The molecule has 2 aromatic carbocycles. The van der Waals surface area contributed by atoms with Crippen molar-refractivity contribution in [3.63, 3.8) is 0 Å². The minimum absolute atomic E-state index is 0.000902. The number of aromatic nitrogens is 1. The van der Waals surface area contributed by atoms with E-state index in [9.17, 15) is 9.59 Å². The van der Waals surface area contributed by atoms with Crippen LogP contribution in [-0.4, -0.2) is 46.2 Å². The third kappa shape index (κ3) is 2.39. The van der Waals surface area contributed by atoms with Gasteiger partial charge in [-0.15, -0.1) is 0 Å².